The van der Waals surface area contributed by atoms with Gasteiger partial charge in [-0.1, -0.05) is 0 Å². The number of aldehydes is 1. The molecular formula is C14H14O5. The van der Waals surface area contributed by atoms with Gasteiger partial charge in [0.25, 0.3) is 0 Å². The molecule has 0 N–H and O–H groups in total. The van der Waals surface area contributed by atoms with E-state index in [0.29, 0.717) is 29.4 Å². The van der Waals surface area contributed by atoms with Crippen LogP contribution in [0.2, 0.25) is 0 Å². The van der Waals surface area contributed by atoms with Gasteiger partial charge in [-0.25, -0.2) is 0 Å². The Hall–Kier alpha value is -2.17. The highest BCUT2D eigenvalue weighted by Gasteiger charge is 2.31. The van der Waals surface area contributed by atoms with Gasteiger partial charge in [-0.2, -0.15) is 0 Å². The van der Waals surface area contributed by atoms with Crippen molar-refractivity contribution in [3.05, 3.63) is 16.7 Å². The zero-order chi connectivity index (χ0) is 13.4. The Morgan fingerprint density at radius 1 is 1.11 bits per heavy atom. The van der Waals surface area contributed by atoms with Crippen LogP contribution in [0.3, 0.4) is 0 Å². The number of fused-ring (bicyclic) bond motifs is 2. The van der Waals surface area contributed by atoms with Crippen LogP contribution in [0.5, 0.6) is 23.0 Å². The number of hydrogen-bond acceptors (Lipinski definition) is 5. The lowest BCUT2D eigenvalue weighted by Gasteiger charge is -2.21. The molecule has 1 aromatic carbocycles. The molecule has 0 aromatic heterocycles. The molecule has 5 nitrogen and oxygen atoms in total. The van der Waals surface area contributed by atoms with Gasteiger partial charge in [0, 0.05) is 11.1 Å². The number of carbonyl (C=O) groups excluding carboxylic acids is 1. The summed E-state index contributed by atoms with van der Waals surface area (Å²) in [7, 11) is 3.18. The molecule has 0 saturated carbocycles. The molecule has 1 aliphatic carbocycles. The van der Waals surface area contributed by atoms with Crippen molar-refractivity contribution in [1.82, 2.24) is 0 Å². The highest BCUT2D eigenvalue weighted by atomic mass is 16.7. The van der Waals surface area contributed by atoms with E-state index in [1.54, 1.807) is 14.2 Å². The molecule has 3 rings (SSSR count). The number of ether oxygens (including phenoxy) is 4. The van der Waals surface area contributed by atoms with Crippen LogP contribution in [-0.2, 0) is 11.2 Å². The smallest absolute Gasteiger partial charge is 0.231 e. The number of carbonyl (C=O) groups is 1. The van der Waals surface area contributed by atoms with Gasteiger partial charge < -0.3 is 18.9 Å². The highest BCUT2D eigenvalue weighted by molar-refractivity contribution is 5.87. The number of benzene rings is 1. The maximum absolute atomic E-state index is 11.0. The van der Waals surface area contributed by atoms with Crippen molar-refractivity contribution < 1.29 is 23.7 Å². The van der Waals surface area contributed by atoms with Crippen molar-refractivity contribution in [3.8, 4) is 23.0 Å². The van der Waals surface area contributed by atoms with Gasteiger partial charge in [0.05, 0.1) is 14.2 Å². The number of hydrogen-bond donors (Lipinski definition) is 0. The summed E-state index contributed by atoms with van der Waals surface area (Å²) in [4.78, 5) is 11.0. The van der Waals surface area contributed by atoms with Gasteiger partial charge in [-0.3, -0.25) is 4.79 Å². The van der Waals surface area contributed by atoms with Crippen LogP contribution >= 0.6 is 0 Å². The van der Waals surface area contributed by atoms with E-state index in [-0.39, 0.29) is 6.79 Å². The Bertz CT molecular complexity index is 574. The third kappa shape index (κ3) is 1.65. The van der Waals surface area contributed by atoms with Crippen molar-refractivity contribution >= 4 is 12.4 Å². The highest BCUT2D eigenvalue weighted by Crippen LogP contribution is 2.53. The van der Waals surface area contributed by atoms with Crippen molar-refractivity contribution in [1.29, 1.82) is 0 Å². The maximum atomic E-state index is 11.0. The van der Waals surface area contributed by atoms with E-state index < -0.39 is 0 Å². The summed E-state index contributed by atoms with van der Waals surface area (Å²) in [6.07, 6.45) is 4.11. The zero-order valence-corrected chi connectivity index (χ0v) is 10.8. The van der Waals surface area contributed by atoms with Crippen LogP contribution in [0.15, 0.2) is 5.57 Å². The van der Waals surface area contributed by atoms with Crippen molar-refractivity contribution in [3.63, 3.8) is 0 Å². The van der Waals surface area contributed by atoms with Crippen LogP contribution in [0.4, 0.5) is 0 Å². The second-order valence-electron chi connectivity index (χ2n) is 4.36. The van der Waals surface area contributed by atoms with Gasteiger partial charge in [-0.15, -0.1) is 0 Å². The minimum atomic E-state index is 0.148. The summed E-state index contributed by atoms with van der Waals surface area (Å²) in [6, 6.07) is 0. The Kier molecular flexibility index (Phi) is 2.81. The average Bonchev–Trinajstić information content (AvgIpc) is 2.92. The fourth-order valence-corrected chi connectivity index (χ4v) is 2.57. The van der Waals surface area contributed by atoms with Gasteiger partial charge in [0.1, 0.15) is 6.29 Å². The quantitative estimate of drug-likeness (QED) is 0.779. The summed E-state index contributed by atoms with van der Waals surface area (Å²) >= 11 is 0. The molecule has 0 saturated heterocycles. The second-order valence-corrected chi connectivity index (χ2v) is 4.36. The molecule has 0 unspecified atom stereocenters. The minimum absolute atomic E-state index is 0.148. The molecule has 5 heteroatoms. The minimum Gasteiger partial charge on any atom is -0.492 e. The van der Waals surface area contributed by atoms with E-state index in [1.807, 2.05) is 6.08 Å². The third-order valence-electron chi connectivity index (χ3n) is 3.42. The first-order valence-electron chi connectivity index (χ1n) is 6.02. The zero-order valence-electron chi connectivity index (χ0n) is 10.8. The normalized spacial score (nSPS) is 15.6. The summed E-state index contributed by atoms with van der Waals surface area (Å²) in [6.45, 7) is 0.148. The molecule has 1 aliphatic heterocycles. The molecule has 2 aliphatic rings. The van der Waals surface area contributed by atoms with Gasteiger partial charge >= 0.3 is 0 Å². The lowest BCUT2D eigenvalue weighted by atomic mass is 9.90. The van der Waals surface area contributed by atoms with E-state index in [9.17, 15) is 4.79 Å². The number of allylic oxidation sites excluding steroid dienone is 1. The molecule has 0 bridgehead atoms. The predicted octanol–water partition coefficient (Wildman–Crippen LogP) is 1.96. The fraction of sp³-hybridized carbons (Fsp3) is 0.357. The van der Waals surface area contributed by atoms with E-state index in [1.165, 1.54) is 0 Å². The molecule has 0 radical (unpaired) electrons. The monoisotopic (exact) mass is 262 g/mol. The van der Waals surface area contributed by atoms with Crippen LogP contribution in [0.25, 0.3) is 6.08 Å². The van der Waals surface area contributed by atoms with Crippen molar-refractivity contribution in [2.24, 2.45) is 0 Å². The van der Waals surface area contributed by atoms with Crippen molar-refractivity contribution in [2.45, 2.75) is 12.8 Å². The molecule has 19 heavy (non-hydrogen) atoms. The maximum Gasteiger partial charge on any atom is 0.231 e. The standard InChI is InChI=1S/C14H14O5/c1-16-11-9-4-3-8(6-15)5-10(9)12(17-2)14-13(11)18-7-19-14/h5-6H,3-4,7H2,1-2H3. The van der Waals surface area contributed by atoms with Crippen LogP contribution < -0.4 is 18.9 Å². The second kappa shape index (κ2) is 4.50. The van der Waals surface area contributed by atoms with E-state index >= 15 is 0 Å². The molecule has 1 heterocycles. The SMILES string of the molecule is COc1c2c(c(OC)c3c1OCO3)CCC(C=O)=C2. The van der Waals surface area contributed by atoms with Crippen LogP contribution in [0.1, 0.15) is 17.5 Å². The lowest BCUT2D eigenvalue weighted by molar-refractivity contribution is -0.105. The molecular weight excluding hydrogens is 248 g/mol. The Morgan fingerprint density at radius 2 is 1.79 bits per heavy atom. The van der Waals surface area contributed by atoms with Gasteiger partial charge in [0.15, 0.2) is 11.5 Å². The fourth-order valence-electron chi connectivity index (χ4n) is 2.57. The molecule has 0 spiro atoms. The van der Waals surface area contributed by atoms with Crippen LogP contribution in [-0.4, -0.2) is 27.3 Å². The summed E-state index contributed by atoms with van der Waals surface area (Å²) in [5.41, 5.74) is 2.58. The summed E-state index contributed by atoms with van der Waals surface area (Å²) < 4.78 is 21.8. The third-order valence-corrected chi connectivity index (χ3v) is 3.42. The number of methoxy groups -OCH3 is 2. The van der Waals surface area contributed by atoms with Crippen LogP contribution in [0, 0.1) is 0 Å². The van der Waals surface area contributed by atoms with Gasteiger partial charge in [0.2, 0.25) is 18.3 Å². The molecule has 1 aromatic rings. The molecule has 0 fully saturated rings. The van der Waals surface area contributed by atoms with Crippen molar-refractivity contribution in [2.75, 3.05) is 21.0 Å². The van der Waals surface area contributed by atoms with Gasteiger partial charge in [-0.05, 0) is 24.5 Å². The first-order valence-corrected chi connectivity index (χ1v) is 6.02. The summed E-state index contributed by atoms with van der Waals surface area (Å²) in [5, 5.41) is 0. The van der Waals surface area contributed by atoms with E-state index in [2.05, 4.69) is 0 Å². The molecule has 0 atom stereocenters. The number of rotatable bonds is 3. The molecule has 0 amide bonds. The molecule has 100 valence electrons. The first-order chi connectivity index (χ1) is 9.30. The average molecular weight is 262 g/mol. The summed E-state index contributed by atoms with van der Waals surface area (Å²) in [5.74, 6) is 2.40. The lowest BCUT2D eigenvalue weighted by Crippen LogP contribution is -2.06. The largest absolute Gasteiger partial charge is 0.492 e. The van der Waals surface area contributed by atoms with E-state index in [0.717, 1.165) is 29.4 Å². The Labute approximate surface area is 110 Å². The predicted molar refractivity (Wildman–Crippen MR) is 68.0 cm³/mol. The first kappa shape index (κ1) is 11.9. The van der Waals surface area contributed by atoms with E-state index in [4.69, 9.17) is 18.9 Å². The topological polar surface area (TPSA) is 54.0 Å². The Balaban J connectivity index is 2.30. The Morgan fingerprint density at radius 3 is 2.42 bits per heavy atom.